The van der Waals surface area contributed by atoms with E-state index in [9.17, 15) is 0 Å². The number of rotatable bonds is 6. The van der Waals surface area contributed by atoms with E-state index >= 15 is 0 Å². The first-order valence-electron chi connectivity index (χ1n) is 12.0. The van der Waals surface area contributed by atoms with Crippen molar-refractivity contribution < 1.29 is 9.47 Å². The maximum absolute atomic E-state index is 6.20. The van der Waals surface area contributed by atoms with Crippen molar-refractivity contribution in [1.29, 1.82) is 0 Å². The first-order chi connectivity index (χ1) is 15.1. The van der Waals surface area contributed by atoms with Crippen molar-refractivity contribution in [3.63, 3.8) is 0 Å². The summed E-state index contributed by atoms with van der Waals surface area (Å²) >= 11 is 0. The first-order valence-corrected chi connectivity index (χ1v) is 13.0. The molecule has 31 heavy (non-hydrogen) atoms. The summed E-state index contributed by atoms with van der Waals surface area (Å²) in [6, 6.07) is 19.9. The Labute approximate surface area is 192 Å². The number of hydrogen-bond acceptors (Lipinski definition) is 4. The van der Waals surface area contributed by atoms with E-state index < -0.39 is 0 Å². The summed E-state index contributed by atoms with van der Waals surface area (Å²) in [6.07, 6.45) is 3.88. The van der Waals surface area contributed by atoms with Crippen molar-refractivity contribution >= 4 is 15.4 Å². The Hall–Kier alpha value is -1.66. The molecule has 4 rings (SSSR count). The van der Waals surface area contributed by atoms with Gasteiger partial charge in [-0.1, -0.05) is 54.6 Å². The van der Waals surface area contributed by atoms with Gasteiger partial charge in [0.25, 0.3) is 0 Å². The molecule has 0 N–H and O–H groups in total. The van der Waals surface area contributed by atoms with E-state index in [2.05, 4.69) is 72.2 Å². The fourth-order valence-corrected chi connectivity index (χ4v) is 4.50. The van der Waals surface area contributed by atoms with Gasteiger partial charge >= 0.3 is 0 Å². The third-order valence-electron chi connectivity index (χ3n) is 6.37. The van der Waals surface area contributed by atoms with Crippen molar-refractivity contribution in [3.05, 3.63) is 60.2 Å². The van der Waals surface area contributed by atoms with Crippen molar-refractivity contribution in [1.82, 2.24) is 9.80 Å². The largest absolute Gasteiger partial charge is 0.490 e. The summed E-state index contributed by atoms with van der Waals surface area (Å²) in [5.41, 5.74) is 1.36. The standard InChI is InChI=1S/C20H32N2O2.C6H8Si/c1-3-17(2)22-10-8-20(9-11-22)24-19-6-4-18(5-7-19)16-21-12-14-23-15-13-21;7-6-4-2-1-3-5-6/h4-7,17,20H,3,8-16H2,1-2H3;1-5H,7H3. The molecule has 1 unspecified atom stereocenters. The van der Waals surface area contributed by atoms with Gasteiger partial charge in [-0.05, 0) is 43.9 Å². The third-order valence-corrected chi connectivity index (χ3v) is 7.03. The Balaban J connectivity index is 0.000000330. The molecule has 2 aromatic rings. The maximum Gasteiger partial charge on any atom is 0.119 e. The van der Waals surface area contributed by atoms with Crippen LogP contribution in [0.4, 0.5) is 0 Å². The van der Waals surface area contributed by atoms with Crippen LogP contribution in [0, 0.1) is 0 Å². The number of benzene rings is 2. The zero-order valence-electron chi connectivity index (χ0n) is 19.6. The van der Waals surface area contributed by atoms with E-state index in [0.29, 0.717) is 12.1 Å². The summed E-state index contributed by atoms with van der Waals surface area (Å²) in [6.45, 7) is 11.7. The number of ether oxygens (including phenoxy) is 2. The lowest BCUT2D eigenvalue weighted by atomic mass is 10.0. The van der Waals surface area contributed by atoms with Crippen LogP contribution in [0.3, 0.4) is 0 Å². The highest BCUT2D eigenvalue weighted by Gasteiger charge is 2.23. The molecule has 0 aromatic heterocycles. The van der Waals surface area contributed by atoms with Gasteiger partial charge in [0.1, 0.15) is 11.9 Å². The minimum Gasteiger partial charge on any atom is -0.490 e. The monoisotopic (exact) mass is 440 g/mol. The Bertz CT molecular complexity index is 727. The molecule has 170 valence electrons. The van der Waals surface area contributed by atoms with E-state index in [4.69, 9.17) is 9.47 Å². The van der Waals surface area contributed by atoms with Gasteiger partial charge in [-0.25, -0.2) is 0 Å². The number of likely N-dealkylation sites (tertiary alicyclic amines) is 1. The second-order valence-electron chi connectivity index (χ2n) is 8.80. The van der Waals surface area contributed by atoms with Gasteiger partial charge in [-0.15, -0.1) is 0 Å². The lowest BCUT2D eigenvalue weighted by Crippen LogP contribution is -2.42. The average molecular weight is 441 g/mol. The van der Waals surface area contributed by atoms with Gasteiger partial charge < -0.3 is 14.4 Å². The molecular weight excluding hydrogens is 400 g/mol. The van der Waals surface area contributed by atoms with Gasteiger partial charge in [0.05, 0.1) is 13.2 Å². The van der Waals surface area contributed by atoms with Crippen LogP contribution in [0.5, 0.6) is 5.75 Å². The van der Waals surface area contributed by atoms with Crippen LogP contribution >= 0.6 is 0 Å². The molecule has 0 radical (unpaired) electrons. The van der Waals surface area contributed by atoms with Gasteiger partial charge in [0, 0.05) is 49.0 Å². The molecule has 2 heterocycles. The van der Waals surface area contributed by atoms with Crippen molar-refractivity contribution in [2.75, 3.05) is 39.4 Å². The van der Waals surface area contributed by atoms with Crippen LogP contribution in [-0.2, 0) is 11.3 Å². The van der Waals surface area contributed by atoms with E-state index in [0.717, 1.165) is 64.5 Å². The molecule has 0 amide bonds. The van der Waals surface area contributed by atoms with Crippen LogP contribution < -0.4 is 9.92 Å². The second-order valence-corrected chi connectivity index (χ2v) is 9.95. The van der Waals surface area contributed by atoms with Crippen LogP contribution in [0.15, 0.2) is 54.6 Å². The molecule has 0 saturated carbocycles. The van der Waals surface area contributed by atoms with Gasteiger partial charge in [-0.3, -0.25) is 4.90 Å². The Morgan fingerprint density at radius 2 is 1.61 bits per heavy atom. The summed E-state index contributed by atoms with van der Waals surface area (Å²) in [5, 5.41) is 1.46. The van der Waals surface area contributed by atoms with Gasteiger partial charge in [-0.2, -0.15) is 0 Å². The predicted octanol–water partition coefficient (Wildman–Crippen LogP) is 2.84. The Morgan fingerprint density at radius 1 is 0.968 bits per heavy atom. The van der Waals surface area contributed by atoms with E-state index in [-0.39, 0.29) is 0 Å². The fourth-order valence-electron chi connectivity index (χ4n) is 4.11. The van der Waals surface area contributed by atoms with Crippen LogP contribution in [0.1, 0.15) is 38.7 Å². The summed E-state index contributed by atoms with van der Waals surface area (Å²) in [4.78, 5) is 5.04. The summed E-state index contributed by atoms with van der Waals surface area (Å²) in [5.74, 6) is 1.02. The molecule has 2 fully saturated rings. The zero-order chi connectivity index (χ0) is 21.9. The van der Waals surface area contributed by atoms with E-state index in [1.807, 2.05) is 6.07 Å². The number of hydrogen-bond donors (Lipinski definition) is 0. The van der Waals surface area contributed by atoms with Gasteiger partial charge in [0.2, 0.25) is 0 Å². The van der Waals surface area contributed by atoms with Crippen molar-refractivity contribution in [3.8, 4) is 5.75 Å². The molecule has 2 aromatic carbocycles. The fraction of sp³-hybridized carbons (Fsp3) is 0.538. The lowest BCUT2D eigenvalue weighted by Gasteiger charge is -2.35. The molecule has 0 bridgehead atoms. The predicted molar refractivity (Wildman–Crippen MR) is 134 cm³/mol. The number of piperidine rings is 1. The topological polar surface area (TPSA) is 24.9 Å². The number of nitrogens with zero attached hydrogens (tertiary/aromatic N) is 2. The molecule has 5 heteroatoms. The highest BCUT2D eigenvalue weighted by molar-refractivity contribution is 6.32. The molecule has 2 saturated heterocycles. The van der Waals surface area contributed by atoms with Crippen molar-refractivity contribution in [2.45, 2.75) is 51.8 Å². The maximum atomic E-state index is 6.20. The van der Waals surface area contributed by atoms with Crippen LogP contribution in [-0.4, -0.2) is 71.6 Å². The minimum atomic E-state index is 0.371. The molecule has 1 atom stereocenters. The van der Waals surface area contributed by atoms with E-state index in [1.165, 1.54) is 27.4 Å². The lowest BCUT2D eigenvalue weighted by molar-refractivity contribution is 0.0341. The highest BCUT2D eigenvalue weighted by Crippen LogP contribution is 2.21. The molecule has 2 aliphatic rings. The minimum absolute atomic E-state index is 0.371. The Morgan fingerprint density at radius 3 is 2.16 bits per heavy atom. The quantitative estimate of drug-likeness (QED) is 0.645. The second kappa shape index (κ2) is 13.0. The smallest absolute Gasteiger partial charge is 0.119 e. The van der Waals surface area contributed by atoms with Gasteiger partial charge in [0.15, 0.2) is 0 Å². The highest BCUT2D eigenvalue weighted by atomic mass is 28.1. The molecule has 2 aliphatic heterocycles. The SMILES string of the molecule is CCC(C)N1CCC(Oc2ccc(CN3CCOCC3)cc2)CC1.[SiH3]c1ccccc1. The third kappa shape index (κ3) is 8.41. The van der Waals surface area contributed by atoms with Crippen LogP contribution in [0.2, 0.25) is 0 Å². The molecule has 0 spiro atoms. The van der Waals surface area contributed by atoms with Crippen LogP contribution in [0.25, 0.3) is 0 Å². The molecule has 0 aliphatic carbocycles. The average Bonchev–Trinajstić information content (AvgIpc) is 2.82. The van der Waals surface area contributed by atoms with Crippen molar-refractivity contribution in [2.24, 2.45) is 0 Å². The molecular formula is C26H40N2O2Si. The number of morpholine rings is 1. The summed E-state index contributed by atoms with van der Waals surface area (Å²) in [7, 11) is 1.17. The zero-order valence-corrected chi connectivity index (χ0v) is 21.6. The normalized spacial score (nSPS) is 19.4. The van der Waals surface area contributed by atoms with E-state index in [1.54, 1.807) is 0 Å². The summed E-state index contributed by atoms with van der Waals surface area (Å²) < 4.78 is 11.6. The first kappa shape index (κ1) is 24.0. The molecule has 4 nitrogen and oxygen atoms in total. The Kier molecular flexibility index (Phi) is 10.1.